The quantitative estimate of drug-likeness (QED) is 0.712. The highest BCUT2D eigenvalue weighted by Crippen LogP contribution is 2.20. The molecule has 2 aromatic carbocycles. The summed E-state index contributed by atoms with van der Waals surface area (Å²) in [6.45, 7) is 4.47. The molecule has 0 saturated heterocycles. The van der Waals surface area contributed by atoms with Crippen LogP contribution in [0.5, 0.6) is 0 Å². The molecule has 0 unspecified atom stereocenters. The maximum Gasteiger partial charge on any atom is 0.269 e. The predicted octanol–water partition coefficient (Wildman–Crippen LogP) is 4.61. The third-order valence-electron chi connectivity index (χ3n) is 3.88. The molecule has 0 aliphatic carbocycles. The average Bonchev–Trinajstić information content (AvgIpc) is 2.84. The number of hydrogen-bond acceptors (Lipinski definition) is 3. The molecule has 0 fully saturated rings. The molecule has 118 valence electrons. The summed E-state index contributed by atoms with van der Waals surface area (Å²) in [5, 5.41) is 2.99. The monoisotopic (exact) mass is 326 g/mol. The highest BCUT2D eigenvalue weighted by molar-refractivity contribution is 7.71. The fraction of sp³-hybridized carbons (Fsp3) is 0.222. The van der Waals surface area contributed by atoms with Crippen molar-refractivity contribution in [2.75, 3.05) is 5.32 Å². The van der Waals surface area contributed by atoms with Crippen LogP contribution < -0.4 is 5.32 Å². The molecule has 0 aliphatic rings. The molecule has 23 heavy (non-hydrogen) atoms. The molecular weight excluding hydrogens is 308 g/mol. The van der Waals surface area contributed by atoms with Crippen LogP contribution in [0.4, 0.5) is 5.69 Å². The molecule has 3 aromatic rings. The first-order valence-electron chi connectivity index (χ1n) is 7.50. The summed E-state index contributed by atoms with van der Waals surface area (Å²) in [5.41, 5.74) is 4.66. The van der Waals surface area contributed by atoms with Gasteiger partial charge in [0.05, 0.1) is 5.52 Å². The second-order valence-electron chi connectivity index (χ2n) is 5.55. The van der Waals surface area contributed by atoms with E-state index >= 15 is 0 Å². The smallest absolute Gasteiger partial charge is 0.269 e. The zero-order valence-corrected chi connectivity index (χ0v) is 13.9. The molecule has 1 amide bonds. The van der Waals surface area contributed by atoms with Crippen molar-refractivity contribution in [1.82, 2.24) is 4.57 Å². The number of oxazole rings is 1. The number of rotatable bonds is 4. The standard InChI is InChI=1S/C18H18N2O2S/c1-12-6-5-7-13(2)17(12)19-16(21)10-11-20-14-8-3-4-9-15(14)22-18(20)23/h3-9H,10-11H2,1-2H3,(H,19,21). The number of aromatic nitrogens is 1. The highest BCUT2D eigenvalue weighted by atomic mass is 32.1. The summed E-state index contributed by atoms with van der Waals surface area (Å²) in [5.74, 6) is -0.0328. The second-order valence-corrected chi connectivity index (χ2v) is 5.90. The molecule has 0 radical (unpaired) electrons. The summed E-state index contributed by atoms with van der Waals surface area (Å²) in [6, 6.07) is 13.6. The van der Waals surface area contributed by atoms with Crippen LogP contribution in [0, 0.1) is 18.7 Å². The van der Waals surface area contributed by atoms with Crippen LogP contribution in [-0.4, -0.2) is 10.5 Å². The summed E-state index contributed by atoms with van der Waals surface area (Å²) >= 11 is 5.24. The van der Waals surface area contributed by atoms with Crippen LogP contribution in [0.3, 0.4) is 0 Å². The number of carbonyl (C=O) groups is 1. The van der Waals surface area contributed by atoms with Gasteiger partial charge in [0.25, 0.3) is 4.84 Å². The van der Waals surface area contributed by atoms with Gasteiger partial charge in [-0.2, -0.15) is 0 Å². The van der Waals surface area contributed by atoms with E-state index in [1.807, 2.05) is 60.9 Å². The first-order chi connectivity index (χ1) is 11.1. The van der Waals surface area contributed by atoms with E-state index < -0.39 is 0 Å². The summed E-state index contributed by atoms with van der Waals surface area (Å²) < 4.78 is 7.39. The summed E-state index contributed by atoms with van der Waals surface area (Å²) in [7, 11) is 0. The van der Waals surface area contributed by atoms with E-state index in [-0.39, 0.29) is 5.91 Å². The van der Waals surface area contributed by atoms with Gasteiger partial charge in [-0.15, -0.1) is 0 Å². The zero-order chi connectivity index (χ0) is 16.4. The van der Waals surface area contributed by atoms with Crippen LogP contribution in [-0.2, 0) is 11.3 Å². The van der Waals surface area contributed by atoms with E-state index in [2.05, 4.69) is 5.32 Å². The average molecular weight is 326 g/mol. The lowest BCUT2D eigenvalue weighted by Gasteiger charge is -2.11. The summed E-state index contributed by atoms with van der Waals surface area (Å²) in [6.07, 6.45) is 0.339. The first-order valence-corrected chi connectivity index (χ1v) is 7.91. The van der Waals surface area contributed by atoms with E-state index in [0.717, 1.165) is 27.9 Å². The molecule has 0 bridgehead atoms. The molecule has 0 saturated carbocycles. The lowest BCUT2D eigenvalue weighted by atomic mass is 10.1. The van der Waals surface area contributed by atoms with Crippen LogP contribution in [0.2, 0.25) is 0 Å². The molecule has 1 heterocycles. The first kappa shape index (κ1) is 15.5. The van der Waals surface area contributed by atoms with Crippen molar-refractivity contribution >= 4 is 34.9 Å². The molecule has 0 aliphatic heterocycles. The zero-order valence-electron chi connectivity index (χ0n) is 13.1. The molecule has 1 aromatic heterocycles. The third kappa shape index (κ3) is 3.19. The van der Waals surface area contributed by atoms with Gasteiger partial charge in [0, 0.05) is 18.7 Å². The van der Waals surface area contributed by atoms with Gasteiger partial charge in [0.2, 0.25) is 5.91 Å². The van der Waals surface area contributed by atoms with Crippen molar-refractivity contribution in [3.05, 3.63) is 58.4 Å². The van der Waals surface area contributed by atoms with Gasteiger partial charge >= 0.3 is 0 Å². The fourth-order valence-electron chi connectivity index (χ4n) is 2.65. The Kier molecular flexibility index (Phi) is 4.30. The Labute approximate surface area is 139 Å². The van der Waals surface area contributed by atoms with E-state index in [4.69, 9.17) is 16.6 Å². The third-order valence-corrected chi connectivity index (χ3v) is 4.19. The van der Waals surface area contributed by atoms with Gasteiger partial charge in [-0.1, -0.05) is 30.3 Å². The van der Waals surface area contributed by atoms with Gasteiger partial charge in [-0.25, -0.2) is 0 Å². The molecule has 5 heteroatoms. The number of nitrogens with zero attached hydrogens (tertiary/aromatic N) is 1. The van der Waals surface area contributed by atoms with Crippen LogP contribution in [0.15, 0.2) is 46.9 Å². The summed E-state index contributed by atoms with van der Waals surface area (Å²) in [4.78, 5) is 12.7. The van der Waals surface area contributed by atoms with Crippen LogP contribution >= 0.6 is 12.2 Å². The number of anilines is 1. The lowest BCUT2D eigenvalue weighted by Crippen LogP contribution is -2.16. The maximum absolute atomic E-state index is 12.3. The van der Waals surface area contributed by atoms with Crippen LogP contribution in [0.1, 0.15) is 17.5 Å². The van der Waals surface area contributed by atoms with Gasteiger partial charge in [-0.05, 0) is 49.3 Å². The maximum atomic E-state index is 12.3. The fourth-order valence-corrected chi connectivity index (χ4v) is 2.93. The number of amides is 1. The van der Waals surface area contributed by atoms with E-state index in [0.29, 0.717) is 17.8 Å². The number of aryl methyl sites for hydroxylation is 3. The number of para-hydroxylation sites is 3. The van der Waals surface area contributed by atoms with Gasteiger partial charge < -0.3 is 9.73 Å². The van der Waals surface area contributed by atoms with Crippen LogP contribution in [0.25, 0.3) is 11.1 Å². The Morgan fingerprint density at radius 2 is 1.83 bits per heavy atom. The normalized spacial score (nSPS) is 10.9. The second kappa shape index (κ2) is 6.38. The van der Waals surface area contributed by atoms with E-state index in [9.17, 15) is 4.79 Å². The molecule has 3 rings (SSSR count). The van der Waals surface area contributed by atoms with Gasteiger partial charge in [0.15, 0.2) is 5.58 Å². The number of carbonyl (C=O) groups excluding carboxylic acids is 1. The number of benzene rings is 2. The highest BCUT2D eigenvalue weighted by Gasteiger charge is 2.10. The SMILES string of the molecule is Cc1cccc(C)c1NC(=O)CCn1c(=S)oc2ccccc21. The predicted molar refractivity (Wildman–Crippen MR) is 94.2 cm³/mol. The molecule has 0 spiro atoms. The van der Waals surface area contributed by atoms with Gasteiger partial charge in [-0.3, -0.25) is 9.36 Å². The Bertz CT molecular complexity index is 904. The van der Waals surface area contributed by atoms with Crippen molar-refractivity contribution in [3.8, 4) is 0 Å². The van der Waals surface area contributed by atoms with Crippen molar-refractivity contribution in [2.24, 2.45) is 0 Å². The number of hydrogen-bond donors (Lipinski definition) is 1. The molecule has 1 N–H and O–H groups in total. The number of nitrogens with one attached hydrogen (secondary N) is 1. The van der Waals surface area contributed by atoms with Crippen molar-refractivity contribution in [1.29, 1.82) is 0 Å². The number of fused-ring (bicyclic) bond motifs is 1. The minimum atomic E-state index is -0.0328. The topological polar surface area (TPSA) is 47.2 Å². The minimum absolute atomic E-state index is 0.0328. The van der Waals surface area contributed by atoms with Crippen molar-refractivity contribution < 1.29 is 9.21 Å². The Hall–Kier alpha value is -2.40. The van der Waals surface area contributed by atoms with E-state index in [1.165, 1.54) is 0 Å². The largest absolute Gasteiger partial charge is 0.429 e. The van der Waals surface area contributed by atoms with E-state index in [1.54, 1.807) is 0 Å². The Balaban J connectivity index is 1.74. The molecule has 4 nitrogen and oxygen atoms in total. The molecule has 0 atom stereocenters. The van der Waals surface area contributed by atoms with Crippen molar-refractivity contribution in [3.63, 3.8) is 0 Å². The van der Waals surface area contributed by atoms with Gasteiger partial charge in [0.1, 0.15) is 0 Å². The molecular formula is C18H18N2O2S. The Morgan fingerprint density at radius 3 is 2.57 bits per heavy atom. The lowest BCUT2D eigenvalue weighted by molar-refractivity contribution is -0.116. The minimum Gasteiger partial charge on any atom is -0.429 e. The Morgan fingerprint density at radius 1 is 1.13 bits per heavy atom. The van der Waals surface area contributed by atoms with Crippen molar-refractivity contribution in [2.45, 2.75) is 26.8 Å².